The van der Waals surface area contributed by atoms with Crippen molar-refractivity contribution in [2.75, 3.05) is 5.43 Å². The molecule has 2 N–H and O–H groups in total. The molecule has 0 aromatic heterocycles. The fourth-order valence-corrected chi connectivity index (χ4v) is 1.80. The molecule has 9 heteroatoms. The van der Waals surface area contributed by atoms with Crippen molar-refractivity contribution in [1.82, 2.24) is 5.43 Å². The molecular weight excluding hydrogens is 316 g/mol. The molecular formula is C15H12N4O5. The first kappa shape index (κ1) is 16.6. The number of anilines is 1. The van der Waals surface area contributed by atoms with Gasteiger partial charge in [-0.05, 0) is 17.7 Å². The van der Waals surface area contributed by atoms with Crippen LogP contribution >= 0.6 is 0 Å². The number of hydrogen-bond donors (Lipinski definition) is 2. The normalized spacial score (nSPS) is 10.3. The molecule has 0 atom stereocenters. The van der Waals surface area contributed by atoms with Gasteiger partial charge in [0.2, 0.25) is 0 Å². The van der Waals surface area contributed by atoms with Crippen LogP contribution < -0.4 is 10.9 Å². The average Bonchev–Trinajstić information content (AvgIpc) is 2.58. The molecule has 0 saturated heterocycles. The van der Waals surface area contributed by atoms with Crippen LogP contribution in [-0.2, 0) is 4.79 Å². The maximum absolute atomic E-state index is 11.7. The lowest BCUT2D eigenvalue weighted by Gasteiger charge is -2.07. The summed E-state index contributed by atoms with van der Waals surface area (Å²) in [5.41, 5.74) is 4.46. The summed E-state index contributed by atoms with van der Waals surface area (Å²) in [7, 11) is 0. The van der Waals surface area contributed by atoms with Crippen LogP contribution in [0.1, 0.15) is 5.56 Å². The van der Waals surface area contributed by atoms with E-state index in [0.717, 1.165) is 23.8 Å². The highest BCUT2D eigenvalue weighted by Gasteiger charge is 2.19. The Morgan fingerprint density at radius 1 is 1.00 bits per heavy atom. The molecule has 1 amide bonds. The van der Waals surface area contributed by atoms with Gasteiger partial charge in [0.05, 0.1) is 15.9 Å². The zero-order chi connectivity index (χ0) is 17.5. The second kappa shape index (κ2) is 7.49. The van der Waals surface area contributed by atoms with E-state index in [1.165, 1.54) is 6.08 Å². The Hall–Kier alpha value is -3.75. The first-order valence-electron chi connectivity index (χ1n) is 6.69. The molecule has 0 aliphatic rings. The van der Waals surface area contributed by atoms with Crippen LogP contribution in [0.2, 0.25) is 0 Å². The highest BCUT2D eigenvalue weighted by molar-refractivity contribution is 5.92. The molecule has 2 rings (SSSR count). The highest BCUT2D eigenvalue weighted by Crippen LogP contribution is 2.28. The Balaban J connectivity index is 2.06. The second-order valence-electron chi connectivity index (χ2n) is 4.57. The lowest BCUT2D eigenvalue weighted by atomic mass is 10.2. The summed E-state index contributed by atoms with van der Waals surface area (Å²) >= 11 is 0. The molecule has 0 heterocycles. The van der Waals surface area contributed by atoms with Crippen LogP contribution in [0.5, 0.6) is 0 Å². The minimum atomic E-state index is -0.776. The SMILES string of the molecule is O=C(C=Cc1ccccc1)NNc1ccc([N+](=O)[O-])cc1[N+](=O)[O-]. The fourth-order valence-electron chi connectivity index (χ4n) is 1.80. The van der Waals surface area contributed by atoms with E-state index < -0.39 is 27.1 Å². The van der Waals surface area contributed by atoms with Crippen LogP contribution in [0.15, 0.2) is 54.6 Å². The molecule has 2 aromatic rings. The van der Waals surface area contributed by atoms with Crippen molar-refractivity contribution in [2.45, 2.75) is 0 Å². The van der Waals surface area contributed by atoms with Gasteiger partial charge in [-0.15, -0.1) is 0 Å². The Bertz CT molecular complexity index is 805. The number of nitro groups is 2. The molecule has 0 fully saturated rings. The number of amides is 1. The van der Waals surface area contributed by atoms with Crippen LogP contribution in [0.4, 0.5) is 17.1 Å². The molecule has 0 aliphatic heterocycles. The highest BCUT2D eigenvalue weighted by atomic mass is 16.6. The minimum absolute atomic E-state index is 0.0629. The number of carbonyl (C=O) groups excluding carboxylic acids is 1. The van der Waals surface area contributed by atoms with E-state index >= 15 is 0 Å². The third kappa shape index (κ3) is 4.37. The van der Waals surface area contributed by atoms with Crippen LogP contribution in [0.3, 0.4) is 0 Å². The molecule has 2 aromatic carbocycles. The predicted molar refractivity (Wildman–Crippen MR) is 87.0 cm³/mol. The Morgan fingerprint density at radius 3 is 2.33 bits per heavy atom. The number of nitrogens with zero attached hydrogens (tertiary/aromatic N) is 2. The molecule has 0 saturated carbocycles. The fraction of sp³-hybridized carbons (Fsp3) is 0. The van der Waals surface area contributed by atoms with E-state index in [9.17, 15) is 25.0 Å². The number of nitrogens with one attached hydrogen (secondary N) is 2. The third-order valence-electron chi connectivity index (χ3n) is 2.94. The summed E-state index contributed by atoms with van der Waals surface area (Å²) in [5, 5.41) is 21.6. The maximum Gasteiger partial charge on any atom is 0.300 e. The van der Waals surface area contributed by atoms with E-state index in [1.807, 2.05) is 18.2 Å². The minimum Gasteiger partial charge on any atom is -0.292 e. The van der Waals surface area contributed by atoms with Gasteiger partial charge in [0.1, 0.15) is 5.69 Å². The van der Waals surface area contributed by atoms with Crippen LogP contribution in [-0.4, -0.2) is 15.8 Å². The lowest BCUT2D eigenvalue weighted by molar-refractivity contribution is -0.393. The van der Waals surface area contributed by atoms with Crippen molar-refractivity contribution in [2.24, 2.45) is 0 Å². The summed E-state index contributed by atoms with van der Waals surface area (Å²) in [5.74, 6) is -0.536. The number of non-ortho nitro benzene ring substituents is 1. The van der Waals surface area contributed by atoms with Crippen molar-refractivity contribution in [3.63, 3.8) is 0 Å². The number of benzene rings is 2. The van der Waals surface area contributed by atoms with Gasteiger partial charge in [-0.1, -0.05) is 30.3 Å². The van der Waals surface area contributed by atoms with Gasteiger partial charge in [0.25, 0.3) is 11.6 Å². The quantitative estimate of drug-likeness (QED) is 0.476. The molecule has 0 spiro atoms. The van der Waals surface area contributed by atoms with Gasteiger partial charge in [-0.3, -0.25) is 35.9 Å². The van der Waals surface area contributed by atoms with Gasteiger partial charge in [-0.2, -0.15) is 0 Å². The largest absolute Gasteiger partial charge is 0.300 e. The Kier molecular flexibility index (Phi) is 5.19. The summed E-state index contributed by atoms with van der Waals surface area (Å²) in [6.07, 6.45) is 2.82. The molecule has 0 bridgehead atoms. The lowest BCUT2D eigenvalue weighted by Crippen LogP contribution is -2.27. The van der Waals surface area contributed by atoms with Gasteiger partial charge in [-0.25, -0.2) is 0 Å². The number of hydrazine groups is 1. The van der Waals surface area contributed by atoms with Crippen molar-refractivity contribution < 1.29 is 14.6 Å². The van der Waals surface area contributed by atoms with Gasteiger partial charge < -0.3 is 0 Å². The monoisotopic (exact) mass is 328 g/mol. The summed E-state index contributed by atoms with van der Waals surface area (Å²) in [6, 6.07) is 12.1. The van der Waals surface area contributed by atoms with Crippen LogP contribution in [0, 0.1) is 20.2 Å². The van der Waals surface area contributed by atoms with Crippen molar-refractivity contribution in [3.05, 3.63) is 80.4 Å². The van der Waals surface area contributed by atoms with Crippen LogP contribution in [0.25, 0.3) is 6.08 Å². The Labute approximate surface area is 135 Å². The van der Waals surface area contributed by atoms with Crippen molar-refractivity contribution in [3.8, 4) is 0 Å². The van der Waals surface area contributed by atoms with E-state index in [2.05, 4.69) is 10.9 Å². The van der Waals surface area contributed by atoms with Crippen molar-refractivity contribution >= 4 is 29.0 Å². The van der Waals surface area contributed by atoms with Gasteiger partial charge >= 0.3 is 5.69 Å². The van der Waals surface area contributed by atoms with E-state index in [4.69, 9.17) is 0 Å². The Morgan fingerprint density at radius 2 is 1.71 bits per heavy atom. The average molecular weight is 328 g/mol. The zero-order valence-electron chi connectivity index (χ0n) is 12.2. The van der Waals surface area contributed by atoms with E-state index in [1.54, 1.807) is 18.2 Å². The summed E-state index contributed by atoms with van der Waals surface area (Å²) in [4.78, 5) is 31.8. The molecule has 122 valence electrons. The third-order valence-corrected chi connectivity index (χ3v) is 2.94. The number of hydrogen-bond acceptors (Lipinski definition) is 6. The smallest absolute Gasteiger partial charge is 0.292 e. The first-order chi connectivity index (χ1) is 11.5. The number of rotatable bonds is 6. The summed E-state index contributed by atoms with van der Waals surface area (Å²) < 4.78 is 0. The van der Waals surface area contributed by atoms with E-state index in [-0.39, 0.29) is 5.69 Å². The molecule has 0 unspecified atom stereocenters. The molecule has 9 nitrogen and oxygen atoms in total. The number of carbonyl (C=O) groups is 1. The first-order valence-corrected chi connectivity index (χ1v) is 6.69. The molecule has 0 radical (unpaired) electrons. The second-order valence-corrected chi connectivity index (χ2v) is 4.57. The van der Waals surface area contributed by atoms with Gasteiger partial charge in [0, 0.05) is 12.1 Å². The maximum atomic E-state index is 11.7. The predicted octanol–water partition coefficient (Wildman–Crippen LogP) is 2.66. The summed E-state index contributed by atoms with van der Waals surface area (Å²) in [6.45, 7) is 0. The van der Waals surface area contributed by atoms with Crippen molar-refractivity contribution in [1.29, 1.82) is 0 Å². The topological polar surface area (TPSA) is 127 Å². The number of nitro benzene ring substituents is 2. The molecule has 24 heavy (non-hydrogen) atoms. The molecule has 0 aliphatic carbocycles. The van der Waals surface area contributed by atoms with Gasteiger partial charge in [0.15, 0.2) is 0 Å². The zero-order valence-corrected chi connectivity index (χ0v) is 12.2. The standard InChI is InChI=1S/C15H12N4O5/c20-15(9-6-11-4-2-1-3-5-11)17-16-13-8-7-12(18(21)22)10-14(13)19(23)24/h1-10,16H,(H,17,20). The van der Waals surface area contributed by atoms with E-state index in [0.29, 0.717) is 0 Å².